The molecule has 2 heterocycles. The van der Waals surface area contributed by atoms with Crippen molar-refractivity contribution in [3.05, 3.63) is 0 Å². The van der Waals surface area contributed by atoms with E-state index in [0.717, 1.165) is 58.7 Å². The molecule has 2 atom stereocenters. The molecule has 0 bridgehead atoms. The number of nitrogens with one attached hydrogen (secondary N) is 2. The number of ether oxygens (including phenoxy) is 1. The van der Waals surface area contributed by atoms with E-state index in [2.05, 4.69) is 27.4 Å². The number of rotatable bonds is 7. The Labute approximate surface area is 145 Å². The lowest BCUT2D eigenvalue weighted by atomic mass is 10.1. The summed E-state index contributed by atoms with van der Waals surface area (Å²) in [6, 6.07) is 0.0399. The molecule has 2 aliphatic rings. The molecule has 0 spiro atoms. The molecular formula is C17H32N4O3. The molecule has 138 valence electrons. The second-order valence-corrected chi connectivity index (χ2v) is 6.72. The number of carbonyl (C=O) groups is 2. The van der Waals surface area contributed by atoms with Crippen molar-refractivity contribution in [1.29, 1.82) is 0 Å². The van der Waals surface area contributed by atoms with Crippen LogP contribution in [0, 0.1) is 0 Å². The fourth-order valence-corrected chi connectivity index (χ4v) is 3.39. The molecule has 0 unspecified atom stereocenters. The van der Waals surface area contributed by atoms with Gasteiger partial charge in [-0.2, -0.15) is 0 Å². The van der Waals surface area contributed by atoms with Crippen molar-refractivity contribution >= 4 is 11.8 Å². The summed E-state index contributed by atoms with van der Waals surface area (Å²) < 4.78 is 5.42. The van der Waals surface area contributed by atoms with Crippen LogP contribution in [-0.4, -0.2) is 86.2 Å². The number of hydrogen-bond donors (Lipinski definition) is 2. The van der Waals surface area contributed by atoms with Crippen LogP contribution in [0.25, 0.3) is 0 Å². The maximum absolute atomic E-state index is 12.3. The van der Waals surface area contributed by atoms with Gasteiger partial charge in [0.1, 0.15) is 6.04 Å². The molecule has 7 nitrogen and oxygen atoms in total. The monoisotopic (exact) mass is 340 g/mol. The Morgan fingerprint density at radius 1 is 1.38 bits per heavy atom. The molecule has 7 heteroatoms. The highest BCUT2D eigenvalue weighted by molar-refractivity contribution is 5.88. The quantitative estimate of drug-likeness (QED) is 0.629. The van der Waals surface area contributed by atoms with Crippen LogP contribution in [0.5, 0.6) is 0 Å². The van der Waals surface area contributed by atoms with Crippen LogP contribution < -0.4 is 10.6 Å². The van der Waals surface area contributed by atoms with Gasteiger partial charge in [0, 0.05) is 45.4 Å². The molecule has 0 saturated carbocycles. The Morgan fingerprint density at radius 2 is 2.21 bits per heavy atom. The third kappa shape index (κ3) is 6.03. The minimum absolute atomic E-state index is 0.0463. The summed E-state index contributed by atoms with van der Waals surface area (Å²) in [7, 11) is 0. The van der Waals surface area contributed by atoms with E-state index >= 15 is 0 Å². The third-order valence-corrected chi connectivity index (χ3v) is 4.81. The van der Waals surface area contributed by atoms with Crippen molar-refractivity contribution in [2.45, 2.75) is 45.2 Å². The van der Waals surface area contributed by atoms with Crippen LogP contribution >= 0.6 is 0 Å². The van der Waals surface area contributed by atoms with Gasteiger partial charge in [-0.25, -0.2) is 0 Å². The number of hydrogen-bond acceptors (Lipinski definition) is 5. The zero-order valence-corrected chi connectivity index (χ0v) is 15.1. The van der Waals surface area contributed by atoms with Crippen LogP contribution in [0.4, 0.5) is 0 Å². The van der Waals surface area contributed by atoms with Gasteiger partial charge in [0.05, 0.1) is 13.2 Å². The lowest BCUT2D eigenvalue weighted by Gasteiger charge is -2.39. The molecule has 0 aromatic carbocycles. The number of nitrogens with zero attached hydrogens (tertiary/aromatic N) is 2. The fourth-order valence-electron chi connectivity index (χ4n) is 3.39. The molecule has 0 aromatic heterocycles. The van der Waals surface area contributed by atoms with E-state index in [4.69, 9.17) is 4.74 Å². The first-order chi connectivity index (χ1) is 11.6. The molecule has 2 fully saturated rings. The summed E-state index contributed by atoms with van der Waals surface area (Å²) in [5, 5.41) is 5.75. The molecule has 2 amide bonds. The Balaban J connectivity index is 1.71. The van der Waals surface area contributed by atoms with Gasteiger partial charge >= 0.3 is 0 Å². The van der Waals surface area contributed by atoms with Crippen LogP contribution in [0.2, 0.25) is 0 Å². The highest BCUT2D eigenvalue weighted by Gasteiger charge is 2.27. The summed E-state index contributed by atoms with van der Waals surface area (Å²) >= 11 is 0. The summed E-state index contributed by atoms with van der Waals surface area (Å²) in [6.45, 7) is 10.4. The molecule has 0 radical (unpaired) electrons. The predicted molar refractivity (Wildman–Crippen MR) is 92.8 cm³/mol. The number of amides is 2. The minimum atomic E-state index is -0.370. The van der Waals surface area contributed by atoms with E-state index in [-0.39, 0.29) is 17.9 Å². The van der Waals surface area contributed by atoms with Gasteiger partial charge in [-0.1, -0.05) is 0 Å². The van der Waals surface area contributed by atoms with E-state index in [1.54, 1.807) is 0 Å². The zero-order chi connectivity index (χ0) is 17.4. The van der Waals surface area contributed by atoms with Crippen molar-refractivity contribution in [2.24, 2.45) is 0 Å². The van der Waals surface area contributed by atoms with Crippen molar-refractivity contribution in [3.8, 4) is 0 Å². The standard InChI is InChI=1S/C17H32N4O3/c1-3-24-11-10-21-9-8-20(12-14(21)2)13-16(22)19-15-6-4-5-7-18-17(15)23/h14-15H,3-13H2,1-2H3,(H,18,23)(H,19,22)/t14-,15+/m0/s1. The van der Waals surface area contributed by atoms with E-state index < -0.39 is 0 Å². The van der Waals surface area contributed by atoms with Gasteiger partial charge in [0.25, 0.3) is 0 Å². The van der Waals surface area contributed by atoms with Crippen molar-refractivity contribution in [3.63, 3.8) is 0 Å². The first-order valence-corrected chi connectivity index (χ1v) is 9.21. The van der Waals surface area contributed by atoms with Crippen LogP contribution in [0.15, 0.2) is 0 Å². The second kappa shape index (κ2) is 9.96. The van der Waals surface area contributed by atoms with E-state index in [1.807, 2.05) is 6.92 Å². The summed E-state index contributed by atoms with van der Waals surface area (Å²) in [5.74, 6) is -0.0954. The van der Waals surface area contributed by atoms with Crippen LogP contribution in [0.1, 0.15) is 33.1 Å². The molecule has 0 aromatic rings. The molecule has 2 saturated heterocycles. The second-order valence-electron chi connectivity index (χ2n) is 6.72. The predicted octanol–water partition coefficient (Wildman–Crippen LogP) is -0.186. The fraction of sp³-hybridized carbons (Fsp3) is 0.882. The van der Waals surface area contributed by atoms with E-state index in [0.29, 0.717) is 19.1 Å². The van der Waals surface area contributed by atoms with Gasteiger partial charge in [-0.3, -0.25) is 19.4 Å². The van der Waals surface area contributed by atoms with Gasteiger partial charge < -0.3 is 15.4 Å². The normalized spacial score (nSPS) is 26.7. The molecule has 2 N–H and O–H groups in total. The van der Waals surface area contributed by atoms with Gasteiger partial charge in [-0.15, -0.1) is 0 Å². The minimum Gasteiger partial charge on any atom is -0.380 e. The van der Waals surface area contributed by atoms with E-state index in [1.165, 1.54) is 0 Å². The average molecular weight is 340 g/mol. The molecule has 0 aliphatic carbocycles. The van der Waals surface area contributed by atoms with Gasteiger partial charge in [0.2, 0.25) is 11.8 Å². The van der Waals surface area contributed by atoms with Gasteiger partial charge in [0.15, 0.2) is 0 Å². The topological polar surface area (TPSA) is 73.9 Å². The van der Waals surface area contributed by atoms with Gasteiger partial charge in [-0.05, 0) is 33.1 Å². The zero-order valence-electron chi connectivity index (χ0n) is 15.1. The van der Waals surface area contributed by atoms with E-state index in [9.17, 15) is 9.59 Å². The molecule has 24 heavy (non-hydrogen) atoms. The van der Waals surface area contributed by atoms with Crippen LogP contribution in [0.3, 0.4) is 0 Å². The third-order valence-electron chi connectivity index (χ3n) is 4.81. The highest BCUT2D eigenvalue weighted by atomic mass is 16.5. The number of carbonyl (C=O) groups excluding carboxylic acids is 2. The smallest absolute Gasteiger partial charge is 0.242 e. The number of piperazine rings is 1. The molecular weight excluding hydrogens is 308 g/mol. The molecule has 2 aliphatic heterocycles. The summed E-state index contributed by atoms with van der Waals surface area (Å²) in [4.78, 5) is 28.8. The Hall–Kier alpha value is -1.18. The van der Waals surface area contributed by atoms with Crippen LogP contribution in [-0.2, 0) is 14.3 Å². The largest absolute Gasteiger partial charge is 0.380 e. The van der Waals surface area contributed by atoms with Crippen molar-refractivity contribution < 1.29 is 14.3 Å². The Bertz CT molecular complexity index is 419. The molecule has 2 rings (SSSR count). The summed E-state index contributed by atoms with van der Waals surface area (Å²) in [5.41, 5.74) is 0. The lowest BCUT2D eigenvalue weighted by Crippen LogP contribution is -2.55. The first kappa shape index (κ1) is 19.1. The SMILES string of the molecule is CCOCCN1CCN(CC(=O)N[C@@H]2CCCCNC2=O)C[C@@H]1C. The van der Waals surface area contributed by atoms with Crippen molar-refractivity contribution in [1.82, 2.24) is 20.4 Å². The highest BCUT2D eigenvalue weighted by Crippen LogP contribution is 2.09. The maximum Gasteiger partial charge on any atom is 0.242 e. The Kier molecular flexibility index (Phi) is 7.94. The first-order valence-electron chi connectivity index (χ1n) is 9.21. The Morgan fingerprint density at radius 3 is 2.96 bits per heavy atom. The average Bonchev–Trinajstić information content (AvgIpc) is 2.74. The van der Waals surface area contributed by atoms with Crippen molar-refractivity contribution in [2.75, 3.05) is 52.5 Å². The lowest BCUT2D eigenvalue weighted by molar-refractivity contribution is -0.129. The maximum atomic E-state index is 12.3. The summed E-state index contributed by atoms with van der Waals surface area (Å²) in [6.07, 6.45) is 2.69.